The van der Waals surface area contributed by atoms with Crippen molar-refractivity contribution < 1.29 is 17.7 Å². The maximum absolute atomic E-state index is 12.8. The van der Waals surface area contributed by atoms with Gasteiger partial charge in [0.25, 0.3) is 5.89 Å². The topological polar surface area (TPSA) is 51.0 Å². The molecule has 0 aliphatic heterocycles. The average molecular weight is 413 g/mol. The molecule has 2 aliphatic rings. The summed E-state index contributed by atoms with van der Waals surface area (Å²) >= 11 is 0. The molecule has 2 aliphatic carbocycles. The van der Waals surface area contributed by atoms with Gasteiger partial charge in [-0.3, -0.25) is 0 Å². The second-order valence-electron chi connectivity index (χ2n) is 8.37. The smallest absolute Gasteiger partial charge is 0.334 e. The van der Waals surface area contributed by atoms with Crippen molar-refractivity contribution in [3.05, 3.63) is 71.5 Å². The van der Waals surface area contributed by atoms with E-state index in [0.29, 0.717) is 23.3 Å². The first kappa shape index (κ1) is 19.3. The summed E-state index contributed by atoms with van der Waals surface area (Å²) in [7, 11) is 0. The van der Waals surface area contributed by atoms with Crippen LogP contribution in [0, 0.1) is 0 Å². The van der Waals surface area contributed by atoms with Gasteiger partial charge in [0.2, 0.25) is 0 Å². The van der Waals surface area contributed by atoms with E-state index in [2.05, 4.69) is 39.7 Å². The fourth-order valence-electron chi connectivity index (χ4n) is 4.26. The molecule has 1 N–H and O–H groups in total. The minimum Gasteiger partial charge on any atom is -0.334 e. The van der Waals surface area contributed by atoms with Crippen molar-refractivity contribution in [2.75, 3.05) is 6.54 Å². The van der Waals surface area contributed by atoms with Gasteiger partial charge in [-0.15, -0.1) is 0 Å². The molecule has 1 heterocycles. The van der Waals surface area contributed by atoms with Crippen LogP contribution >= 0.6 is 0 Å². The first-order valence-electron chi connectivity index (χ1n) is 10.2. The molecular formula is C23H22F3N3O. The van der Waals surface area contributed by atoms with Crippen LogP contribution < -0.4 is 5.32 Å². The molecule has 0 bridgehead atoms. The van der Waals surface area contributed by atoms with E-state index in [1.54, 1.807) is 0 Å². The van der Waals surface area contributed by atoms with E-state index in [9.17, 15) is 13.2 Å². The zero-order valence-electron chi connectivity index (χ0n) is 16.3. The first-order valence-corrected chi connectivity index (χ1v) is 10.2. The van der Waals surface area contributed by atoms with E-state index in [4.69, 9.17) is 4.52 Å². The lowest BCUT2D eigenvalue weighted by molar-refractivity contribution is -0.137. The van der Waals surface area contributed by atoms with Crippen LogP contribution in [0.5, 0.6) is 0 Å². The van der Waals surface area contributed by atoms with Crippen LogP contribution in [-0.2, 0) is 11.6 Å². The summed E-state index contributed by atoms with van der Waals surface area (Å²) in [5, 5.41) is 7.86. The van der Waals surface area contributed by atoms with Crippen LogP contribution in [0.4, 0.5) is 13.2 Å². The van der Waals surface area contributed by atoms with Gasteiger partial charge in [0.15, 0.2) is 5.82 Å². The Kier molecular flexibility index (Phi) is 4.65. The van der Waals surface area contributed by atoms with Crippen LogP contribution in [0.3, 0.4) is 0 Å². The highest BCUT2D eigenvalue weighted by Crippen LogP contribution is 2.45. The molecule has 0 unspecified atom stereocenters. The largest absolute Gasteiger partial charge is 0.416 e. The molecule has 4 nitrogen and oxygen atoms in total. The van der Waals surface area contributed by atoms with E-state index in [0.717, 1.165) is 44.4 Å². The third-order valence-corrected chi connectivity index (χ3v) is 6.39. The number of hydrogen-bond acceptors (Lipinski definition) is 4. The molecule has 1 aromatic heterocycles. The van der Waals surface area contributed by atoms with Crippen molar-refractivity contribution in [3.63, 3.8) is 0 Å². The molecule has 0 amide bonds. The van der Waals surface area contributed by atoms with Crippen molar-refractivity contribution in [3.8, 4) is 11.5 Å². The van der Waals surface area contributed by atoms with Crippen LogP contribution in [-0.4, -0.2) is 22.7 Å². The lowest BCUT2D eigenvalue weighted by Gasteiger charge is -2.39. The number of hydrogen-bond donors (Lipinski definition) is 1. The lowest BCUT2D eigenvalue weighted by atomic mass is 9.68. The SMILES string of the molecule is FC(F)(F)c1ccc(-c2nc(C3(CN[C@H]4C[C@@H]4c4ccccc4)CCC3)no2)cc1. The molecule has 3 aromatic rings. The summed E-state index contributed by atoms with van der Waals surface area (Å²) in [5.41, 5.74) is 1.01. The molecular weight excluding hydrogens is 391 g/mol. The van der Waals surface area contributed by atoms with E-state index in [1.807, 2.05) is 6.07 Å². The molecule has 156 valence electrons. The predicted octanol–water partition coefficient (Wildman–Crippen LogP) is 5.32. The third kappa shape index (κ3) is 3.62. The number of benzene rings is 2. The summed E-state index contributed by atoms with van der Waals surface area (Å²) in [6.07, 6.45) is -0.161. The van der Waals surface area contributed by atoms with Gasteiger partial charge in [0.1, 0.15) is 0 Å². The highest BCUT2D eigenvalue weighted by atomic mass is 19.4. The Morgan fingerprint density at radius 1 is 1.03 bits per heavy atom. The molecule has 2 saturated carbocycles. The predicted molar refractivity (Wildman–Crippen MR) is 106 cm³/mol. The highest BCUT2D eigenvalue weighted by Gasteiger charge is 2.46. The molecule has 2 fully saturated rings. The Labute approximate surface area is 172 Å². The fraction of sp³-hybridized carbons (Fsp3) is 0.391. The maximum atomic E-state index is 12.8. The molecule has 7 heteroatoms. The Morgan fingerprint density at radius 2 is 1.77 bits per heavy atom. The third-order valence-electron chi connectivity index (χ3n) is 6.39. The fourth-order valence-corrected chi connectivity index (χ4v) is 4.26. The van der Waals surface area contributed by atoms with Crippen molar-refractivity contribution in [1.82, 2.24) is 15.5 Å². The van der Waals surface area contributed by atoms with Gasteiger partial charge < -0.3 is 9.84 Å². The van der Waals surface area contributed by atoms with Gasteiger partial charge in [0.05, 0.1) is 5.56 Å². The molecule has 2 atom stereocenters. The Balaban J connectivity index is 1.26. The van der Waals surface area contributed by atoms with E-state index in [-0.39, 0.29) is 11.3 Å². The molecule has 0 radical (unpaired) electrons. The lowest BCUT2D eigenvalue weighted by Crippen LogP contribution is -2.45. The zero-order valence-corrected chi connectivity index (χ0v) is 16.3. The maximum Gasteiger partial charge on any atom is 0.416 e. The van der Waals surface area contributed by atoms with Crippen molar-refractivity contribution in [1.29, 1.82) is 0 Å². The number of halogens is 3. The van der Waals surface area contributed by atoms with E-state index >= 15 is 0 Å². The quantitative estimate of drug-likeness (QED) is 0.594. The van der Waals surface area contributed by atoms with Crippen LogP contribution in [0.1, 0.15) is 48.6 Å². The van der Waals surface area contributed by atoms with Crippen LogP contribution in [0.25, 0.3) is 11.5 Å². The second-order valence-corrected chi connectivity index (χ2v) is 8.37. The van der Waals surface area contributed by atoms with Crippen molar-refractivity contribution >= 4 is 0 Å². The highest BCUT2D eigenvalue weighted by molar-refractivity contribution is 5.53. The second kappa shape index (κ2) is 7.23. The van der Waals surface area contributed by atoms with Gasteiger partial charge >= 0.3 is 6.18 Å². The van der Waals surface area contributed by atoms with E-state index in [1.165, 1.54) is 17.7 Å². The Bertz CT molecular complexity index is 1010. The number of alkyl halides is 3. The Hall–Kier alpha value is -2.67. The minimum absolute atomic E-state index is 0.155. The van der Waals surface area contributed by atoms with Gasteiger partial charge in [-0.25, -0.2) is 0 Å². The van der Waals surface area contributed by atoms with Crippen molar-refractivity contribution in [2.24, 2.45) is 0 Å². The molecule has 2 aromatic carbocycles. The number of nitrogens with zero attached hydrogens (tertiary/aromatic N) is 2. The van der Waals surface area contributed by atoms with Gasteiger partial charge in [-0.2, -0.15) is 18.2 Å². The summed E-state index contributed by atoms with van der Waals surface area (Å²) < 4.78 is 43.7. The molecule has 30 heavy (non-hydrogen) atoms. The molecule has 0 saturated heterocycles. The van der Waals surface area contributed by atoms with Gasteiger partial charge in [0, 0.05) is 29.5 Å². The summed E-state index contributed by atoms with van der Waals surface area (Å²) in [5.74, 6) is 1.46. The van der Waals surface area contributed by atoms with Crippen LogP contribution in [0.2, 0.25) is 0 Å². The summed E-state index contributed by atoms with van der Waals surface area (Å²) in [6.45, 7) is 0.785. The molecule has 5 rings (SSSR count). The van der Waals surface area contributed by atoms with E-state index < -0.39 is 11.7 Å². The summed E-state index contributed by atoms with van der Waals surface area (Å²) in [4.78, 5) is 4.54. The monoisotopic (exact) mass is 413 g/mol. The first-order chi connectivity index (χ1) is 14.4. The molecule has 0 spiro atoms. The summed E-state index contributed by atoms with van der Waals surface area (Å²) in [6, 6.07) is 15.8. The zero-order chi connectivity index (χ0) is 20.8. The number of rotatable bonds is 6. The van der Waals surface area contributed by atoms with Crippen LogP contribution in [0.15, 0.2) is 59.1 Å². The van der Waals surface area contributed by atoms with Crippen molar-refractivity contribution in [2.45, 2.75) is 49.2 Å². The minimum atomic E-state index is -4.36. The number of aromatic nitrogens is 2. The Morgan fingerprint density at radius 3 is 2.40 bits per heavy atom. The standard InChI is InChI=1S/C23H22F3N3O/c24-23(25,26)17-9-7-16(8-10-17)20-28-21(29-30-20)22(11-4-12-22)14-27-19-13-18(19)15-5-2-1-3-6-15/h1-3,5-10,18-19,27H,4,11-14H2/t18-,19+/m1/s1. The number of nitrogens with one attached hydrogen (secondary N) is 1. The van der Waals surface area contributed by atoms with Gasteiger partial charge in [-0.05, 0) is 49.1 Å². The van der Waals surface area contributed by atoms with Gasteiger partial charge in [-0.1, -0.05) is 41.9 Å². The average Bonchev–Trinajstić information content (AvgIpc) is 3.33. The normalized spacial score (nSPS) is 22.5.